The maximum Gasteiger partial charge on any atom is 0.230 e. The summed E-state index contributed by atoms with van der Waals surface area (Å²) in [5, 5.41) is 0. The highest BCUT2D eigenvalue weighted by Crippen LogP contribution is 2.26. The molecule has 1 aromatic rings. The molecule has 110 valence electrons. The van der Waals surface area contributed by atoms with Gasteiger partial charge in [0.25, 0.3) is 0 Å². The minimum atomic E-state index is 0.202. The zero-order valence-corrected chi connectivity index (χ0v) is 12.5. The number of hydrogen-bond donors (Lipinski definition) is 1. The van der Waals surface area contributed by atoms with Crippen LogP contribution in [0, 0.1) is 5.92 Å². The summed E-state index contributed by atoms with van der Waals surface area (Å²) in [6, 6.07) is 7.62. The SMILES string of the molecule is CCN(C(=O)C1CCCCCCC1)c1ccc(N)cc1. The lowest BCUT2D eigenvalue weighted by Gasteiger charge is -2.27. The highest BCUT2D eigenvalue weighted by Gasteiger charge is 2.24. The number of carbonyl (C=O) groups is 1. The number of rotatable bonds is 3. The van der Waals surface area contributed by atoms with Gasteiger partial charge in [0.15, 0.2) is 0 Å². The molecule has 0 radical (unpaired) electrons. The van der Waals surface area contributed by atoms with E-state index in [1.807, 2.05) is 36.1 Å². The minimum Gasteiger partial charge on any atom is -0.399 e. The van der Waals surface area contributed by atoms with Crippen LogP contribution in [-0.4, -0.2) is 12.5 Å². The van der Waals surface area contributed by atoms with Crippen LogP contribution in [0.5, 0.6) is 0 Å². The minimum absolute atomic E-state index is 0.202. The Kier molecular flexibility index (Phi) is 5.45. The molecule has 1 aromatic carbocycles. The molecule has 3 heteroatoms. The maximum absolute atomic E-state index is 12.8. The number of nitrogens with two attached hydrogens (primary N) is 1. The second-order valence-corrected chi connectivity index (χ2v) is 5.72. The van der Waals surface area contributed by atoms with E-state index in [-0.39, 0.29) is 5.92 Å². The molecule has 3 nitrogen and oxygen atoms in total. The standard InChI is InChI=1S/C17H26N2O/c1-2-19(16-12-10-15(18)11-13-16)17(20)14-8-6-4-3-5-7-9-14/h10-14H,2-9,18H2,1H3. The average molecular weight is 274 g/mol. The Bertz CT molecular complexity index is 419. The number of nitrogens with zero attached hydrogens (tertiary/aromatic N) is 1. The quantitative estimate of drug-likeness (QED) is 0.847. The van der Waals surface area contributed by atoms with E-state index >= 15 is 0 Å². The van der Waals surface area contributed by atoms with Crippen molar-refractivity contribution in [2.75, 3.05) is 17.2 Å². The van der Waals surface area contributed by atoms with Crippen molar-refractivity contribution in [3.63, 3.8) is 0 Å². The molecule has 0 unspecified atom stereocenters. The first-order chi connectivity index (χ1) is 9.72. The fraction of sp³-hybridized carbons (Fsp3) is 0.588. The van der Waals surface area contributed by atoms with Gasteiger partial charge in [0.05, 0.1) is 0 Å². The smallest absolute Gasteiger partial charge is 0.230 e. The van der Waals surface area contributed by atoms with Gasteiger partial charge < -0.3 is 10.6 Å². The molecule has 1 aliphatic rings. The predicted molar refractivity (Wildman–Crippen MR) is 84.7 cm³/mol. The van der Waals surface area contributed by atoms with Crippen LogP contribution in [0.4, 0.5) is 11.4 Å². The van der Waals surface area contributed by atoms with E-state index in [1.165, 1.54) is 32.1 Å². The second kappa shape index (κ2) is 7.32. The monoisotopic (exact) mass is 274 g/mol. The summed E-state index contributed by atoms with van der Waals surface area (Å²) >= 11 is 0. The van der Waals surface area contributed by atoms with Crippen molar-refractivity contribution < 1.29 is 4.79 Å². The number of nitrogen functional groups attached to an aromatic ring is 1. The lowest BCUT2D eigenvalue weighted by Crippen LogP contribution is -2.36. The molecule has 0 spiro atoms. The molecular formula is C17H26N2O. The third-order valence-corrected chi connectivity index (χ3v) is 4.24. The molecule has 1 fully saturated rings. The van der Waals surface area contributed by atoms with Crippen LogP contribution in [0.25, 0.3) is 0 Å². The van der Waals surface area contributed by atoms with E-state index in [0.717, 1.165) is 30.8 Å². The van der Waals surface area contributed by atoms with Gasteiger partial charge >= 0.3 is 0 Å². The fourth-order valence-electron chi connectivity index (χ4n) is 3.04. The van der Waals surface area contributed by atoms with E-state index in [4.69, 9.17) is 5.73 Å². The van der Waals surface area contributed by atoms with Crippen LogP contribution >= 0.6 is 0 Å². The number of benzene rings is 1. The van der Waals surface area contributed by atoms with Gasteiger partial charge in [-0.2, -0.15) is 0 Å². The topological polar surface area (TPSA) is 46.3 Å². The van der Waals surface area contributed by atoms with Crippen LogP contribution in [0.15, 0.2) is 24.3 Å². The highest BCUT2D eigenvalue weighted by atomic mass is 16.2. The molecule has 0 bridgehead atoms. The molecule has 0 atom stereocenters. The third-order valence-electron chi connectivity index (χ3n) is 4.24. The number of anilines is 2. The predicted octanol–water partition coefficient (Wildman–Crippen LogP) is 3.98. The Hall–Kier alpha value is -1.51. The lowest BCUT2D eigenvalue weighted by molar-refractivity contribution is -0.123. The Labute approximate surface area is 122 Å². The highest BCUT2D eigenvalue weighted by molar-refractivity contribution is 5.95. The summed E-state index contributed by atoms with van der Waals surface area (Å²) in [5.74, 6) is 0.493. The van der Waals surface area contributed by atoms with Crippen LogP contribution in [0.3, 0.4) is 0 Å². The summed E-state index contributed by atoms with van der Waals surface area (Å²) in [6.07, 6.45) is 8.35. The molecule has 0 saturated heterocycles. The number of hydrogen-bond acceptors (Lipinski definition) is 2. The average Bonchev–Trinajstić information content (AvgIpc) is 2.41. The molecule has 1 amide bonds. The zero-order chi connectivity index (χ0) is 14.4. The van der Waals surface area contributed by atoms with Gasteiger partial charge in [0, 0.05) is 23.8 Å². The summed E-state index contributed by atoms with van der Waals surface area (Å²) in [6.45, 7) is 2.76. The van der Waals surface area contributed by atoms with Crippen LogP contribution in [-0.2, 0) is 4.79 Å². The molecule has 0 aromatic heterocycles. The molecule has 2 rings (SSSR count). The maximum atomic E-state index is 12.8. The normalized spacial score (nSPS) is 17.2. The van der Waals surface area contributed by atoms with Crippen LogP contribution in [0.1, 0.15) is 51.9 Å². The van der Waals surface area contributed by atoms with E-state index < -0.39 is 0 Å². The molecular weight excluding hydrogens is 248 g/mol. The van der Waals surface area contributed by atoms with E-state index in [2.05, 4.69) is 0 Å². The van der Waals surface area contributed by atoms with Crippen molar-refractivity contribution in [1.29, 1.82) is 0 Å². The number of carbonyl (C=O) groups excluding carboxylic acids is 1. The first-order valence-electron chi connectivity index (χ1n) is 7.89. The largest absolute Gasteiger partial charge is 0.399 e. The molecule has 2 N–H and O–H groups in total. The van der Waals surface area contributed by atoms with Gasteiger partial charge in [-0.05, 0) is 44.0 Å². The van der Waals surface area contributed by atoms with Crippen LogP contribution in [0.2, 0.25) is 0 Å². The first kappa shape index (κ1) is 14.9. The van der Waals surface area contributed by atoms with Crippen molar-refractivity contribution in [3.8, 4) is 0 Å². The molecule has 1 saturated carbocycles. The molecule has 0 aliphatic heterocycles. The van der Waals surface area contributed by atoms with Gasteiger partial charge in [0.2, 0.25) is 5.91 Å². The van der Waals surface area contributed by atoms with Crippen molar-refractivity contribution in [3.05, 3.63) is 24.3 Å². The summed E-state index contributed by atoms with van der Waals surface area (Å²) in [7, 11) is 0. The summed E-state index contributed by atoms with van der Waals surface area (Å²) in [4.78, 5) is 14.7. The Balaban J connectivity index is 2.08. The molecule has 20 heavy (non-hydrogen) atoms. The zero-order valence-electron chi connectivity index (χ0n) is 12.5. The first-order valence-corrected chi connectivity index (χ1v) is 7.89. The van der Waals surface area contributed by atoms with E-state index in [0.29, 0.717) is 5.91 Å². The van der Waals surface area contributed by atoms with Crippen LogP contribution < -0.4 is 10.6 Å². The van der Waals surface area contributed by atoms with Crippen molar-refractivity contribution in [2.45, 2.75) is 51.9 Å². The van der Waals surface area contributed by atoms with Gasteiger partial charge in [-0.1, -0.05) is 32.1 Å². The Morgan fingerprint density at radius 3 is 2.20 bits per heavy atom. The van der Waals surface area contributed by atoms with E-state index in [1.54, 1.807) is 0 Å². The van der Waals surface area contributed by atoms with Gasteiger partial charge in [0.1, 0.15) is 0 Å². The van der Waals surface area contributed by atoms with Gasteiger partial charge in [-0.3, -0.25) is 4.79 Å². The molecule has 0 heterocycles. The molecule has 1 aliphatic carbocycles. The number of amides is 1. The third kappa shape index (κ3) is 3.75. The lowest BCUT2D eigenvalue weighted by atomic mass is 9.90. The van der Waals surface area contributed by atoms with Crippen molar-refractivity contribution in [1.82, 2.24) is 0 Å². The van der Waals surface area contributed by atoms with Gasteiger partial charge in [-0.15, -0.1) is 0 Å². The summed E-state index contributed by atoms with van der Waals surface area (Å²) in [5.41, 5.74) is 7.43. The second-order valence-electron chi connectivity index (χ2n) is 5.72. The Morgan fingerprint density at radius 2 is 1.65 bits per heavy atom. The van der Waals surface area contributed by atoms with Crippen molar-refractivity contribution in [2.24, 2.45) is 5.92 Å². The van der Waals surface area contributed by atoms with Crippen molar-refractivity contribution >= 4 is 17.3 Å². The Morgan fingerprint density at radius 1 is 1.10 bits per heavy atom. The van der Waals surface area contributed by atoms with E-state index in [9.17, 15) is 4.79 Å². The van der Waals surface area contributed by atoms with Gasteiger partial charge in [-0.25, -0.2) is 0 Å². The summed E-state index contributed by atoms with van der Waals surface area (Å²) < 4.78 is 0. The fourth-order valence-corrected chi connectivity index (χ4v) is 3.04.